The van der Waals surface area contributed by atoms with Gasteiger partial charge < -0.3 is 64.1 Å². The summed E-state index contributed by atoms with van der Waals surface area (Å²) in [5, 5.41) is 6.37. The Kier molecular flexibility index (Phi) is 16.3. The maximum Gasteiger partial charge on any atom is 2.00 e. The zero-order chi connectivity index (χ0) is 9.97. The first-order valence-corrected chi connectivity index (χ1v) is 4.99. The molecule has 0 aliphatic heterocycles. The Morgan fingerprint density at radius 2 is 1.50 bits per heavy atom. The van der Waals surface area contributed by atoms with Crippen LogP contribution in [0.1, 0.15) is 0 Å². The Morgan fingerprint density at radius 1 is 0.944 bits per heavy atom. The standard InChI is InChI=1S/C11H9NS2.2BrH.2Mg/c13-11(14)12-10-7-3-5-8-4-1-2-6-9(8)10;;;;/h1-7H,(H2,12,13,14);2*1H;;/q;;;2*+2/p-4. The van der Waals surface area contributed by atoms with E-state index in [9.17, 15) is 0 Å². The zero-order valence-electron chi connectivity index (χ0n) is 9.48. The fraction of sp³-hybridized carbons (Fsp3) is 0. The van der Waals surface area contributed by atoms with Gasteiger partial charge in [-0.3, -0.25) is 0 Å². The summed E-state index contributed by atoms with van der Waals surface area (Å²) in [6.07, 6.45) is 0. The molecular weight excluding hydrogens is 419 g/mol. The first-order valence-electron chi connectivity index (χ1n) is 4.18. The summed E-state index contributed by atoms with van der Waals surface area (Å²) in [5.41, 5.74) is 0.850. The average molecular weight is 426 g/mol. The molecule has 0 aliphatic rings. The number of hydrogen-bond acceptors (Lipinski definition) is 2. The Bertz CT molecular complexity index is 492. The van der Waals surface area contributed by atoms with Gasteiger partial charge in [0.15, 0.2) is 0 Å². The topological polar surface area (TPSA) is 14.1 Å². The molecule has 0 aromatic heterocycles. The molecule has 86 valence electrons. The molecule has 0 atom stereocenters. The van der Waals surface area contributed by atoms with Gasteiger partial charge in [-0.05, 0) is 10.8 Å². The number of benzene rings is 2. The molecule has 0 saturated carbocycles. The van der Waals surface area contributed by atoms with Crippen LogP contribution in [0.4, 0.5) is 5.69 Å². The molecular formula is C11H7Br2Mg2NS2. The number of rotatable bonds is 1. The van der Waals surface area contributed by atoms with Crippen molar-refractivity contribution in [2.45, 2.75) is 0 Å². The Balaban J connectivity index is -0.000000562. The second-order valence-electron chi connectivity index (χ2n) is 2.88. The summed E-state index contributed by atoms with van der Waals surface area (Å²) in [4.78, 5) is 0. The minimum absolute atomic E-state index is 0. The normalized spacial score (nSPS) is 7.78. The minimum atomic E-state index is 0. The number of halogens is 2. The van der Waals surface area contributed by atoms with Gasteiger partial charge >= 0.3 is 46.1 Å². The summed E-state index contributed by atoms with van der Waals surface area (Å²) in [5.74, 6) is 0. The number of fused-ring (bicyclic) bond motifs is 1. The second-order valence-corrected chi connectivity index (χ2v) is 3.91. The summed E-state index contributed by atoms with van der Waals surface area (Å²) in [6.45, 7) is 0. The van der Waals surface area contributed by atoms with E-state index in [0.29, 0.717) is 0 Å². The third-order valence-electron chi connectivity index (χ3n) is 1.98. The van der Waals surface area contributed by atoms with E-state index in [1.807, 2.05) is 42.5 Å². The molecule has 0 N–H and O–H groups in total. The van der Waals surface area contributed by atoms with Crippen LogP contribution in [0.25, 0.3) is 16.1 Å². The first-order chi connectivity index (χ1) is 6.77. The predicted molar refractivity (Wildman–Crippen MR) is 78.4 cm³/mol. The third-order valence-corrected chi connectivity index (χ3v) is 2.16. The van der Waals surface area contributed by atoms with Gasteiger partial charge in [0.25, 0.3) is 0 Å². The summed E-state index contributed by atoms with van der Waals surface area (Å²) >= 11 is 9.58. The van der Waals surface area contributed by atoms with Crippen LogP contribution in [0.5, 0.6) is 0 Å². The molecule has 7 heteroatoms. The summed E-state index contributed by atoms with van der Waals surface area (Å²) < 4.78 is 0.251. The Morgan fingerprint density at radius 3 is 2.11 bits per heavy atom. The van der Waals surface area contributed by atoms with Crippen molar-refractivity contribution in [1.82, 2.24) is 0 Å². The largest absolute Gasteiger partial charge is 2.00 e. The van der Waals surface area contributed by atoms with Crippen molar-refractivity contribution in [1.29, 1.82) is 0 Å². The van der Waals surface area contributed by atoms with Crippen LogP contribution in [-0.2, 0) is 12.6 Å². The Labute approximate surface area is 171 Å². The van der Waals surface area contributed by atoms with Gasteiger partial charge in [0.2, 0.25) is 0 Å². The average Bonchev–Trinajstić information content (AvgIpc) is 2.18. The molecule has 0 spiro atoms. The van der Waals surface area contributed by atoms with Gasteiger partial charge in [-0.25, -0.2) is 4.32 Å². The van der Waals surface area contributed by atoms with Crippen molar-refractivity contribution in [3.05, 3.63) is 47.8 Å². The number of nitrogens with zero attached hydrogens (tertiary/aromatic N) is 1. The third kappa shape index (κ3) is 6.65. The summed E-state index contributed by atoms with van der Waals surface area (Å²) in [6, 6.07) is 13.9. The van der Waals surface area contributed by atoms with Crippen LogP contribution in [0.2, 0.25) is 0 Å². The van der Waals surface area contributed by atoms with E-state index in [1.165, 1.54) is 0 Å². The number of hydrogen-bond donors (Lipinski definition) is 0. The fourth-order valence-corrected chi connectivity index (χ4v) is 1.60. The minimum Gasteiger partial charge on any atom is -1.00 e. The van der Waals surface area contributed by atoms with Crippen LogP contribution < -0.4 is 34.0 Å². The van der Waals surface area contributed by atoms with Crippen LogP contribution in [-0.4, -0.2) is 50.4 Å². The molecule has 0 radical (unpaired) electrons. The first kappa shape index (κ1) is 24.3. The van der Waals surface area contributed by atoms with E-state index in [2.05, 4.69) is 5.32 Å². The van der Waals surface area contributed by atoms with Crippen LogP contribution in [0.3, 0.4) is 0 Å². The van der Waals surface area contributed by atoms with E-state index in [4.69, 9.17) is 24.8 Å². The monoisotopic (exact) mass is 423 g/mol. The molecule has 0 fully saturated rings. The molecule has 0 amide bonds. The van der Waals surface area contributed by atoms with E-state index in [-0.39, 0.29) is 84.4 Å². The quantitative estimate of drug-likeness (QED) is 0.273. The molecule has 2 rings (SSSR count). The SMILES string of the molecule is S=C([S-])[N-]c1cccc2ccccc12.[Br-].[Br-].[Mg+2].[Mg+2]. The van der Waals surface area contributed by atoms with Crippen molar-refractivity contribution in [2.75, 3.05) is 0 Å². The second kappa shape index (κ2) is 12.1. The van der Waals surface area contributed by atoms with Crippen molar-refractivity contribution in [2.24, 2.45) is 0 Å². The van der Waals surface area contributed by atoms with Crippen molar-refractivity contribution >= 4 is 91.7 Å². The number of thiocarbonyl (C=S) groups is 1. The van der Waals surface area contributed by atoms with Crippen LogP contribution in [0, 0.1) is 0 Å². The van der Waals surface area contributed by atoms with E-state index in [1.54, 1.807) is 0 Å². The van der Waals surface area contributed by atoms with Gasteiger partial charge in [0.05, 0.1) is 0 Å². The van der Waals surface area contributed by atoms with Gasteiger partial charge in [0, 0.05) is 0 Å². The van der Waals surface area contributed by atoms with Crippen molar-refractivity contribution in [3.8, 4) is 0 Å². The molecule has 0 aliphatic carbocycles. The van der Waals surface area contributed by atoms with E-state index < -0.39 is 0 Å². The van der Waals surface area contributed by atoms with Gasteiger partial charge in [-0.1, -0.05) is 42.5 Å². The molecule has 0 heterocycles. The molecule has 0 unspecified atom stereocenters. The smallest absolute Gasteiger partial charge is 1.00 e. The Hall–Kier alpha value is 1.30. The van der Waals surface area contributed by atoms with Gasteiger partial charge in [-0.15, -0.1) is 5.69 Å². The van der Waals surface area contributed by atoms with Crippen LogP contribution in [0.15, 0.2) is 42.5 Å². The molecule has 0 saturated heterocycles. The van der Waals surface area contributed by atoms with Gasteiger partial charge in [0.1, 0.15) is 0 Å². The fourth-order valence-electron chi connectivity index (χ4n) is 1.40. The van der Waals surface area contributed by atoms with Crippen LogP contribution >= 0.6 is 12.2 Å². The predicted octanol–water partition coefficient (Wildman–Crippen LogP) is -3.08. The van der Waals surface area contributed by atoms with E-state index >= 15 is 0 Å². The maximum absolute atomic E-state index is 4.79. The molecule has 2 aromatic rings. The molecule has 2 aromatic carbocycles. The van der Waals surface area contributed by atoms with E-state index in [0.717, 1.165) is 16.5 Å². The molecule has 1 nitrogen and oxygen atoms in total. The molecule has 0 bridgehead atoms. The molecule has 18 heavy (non-hydrogen) atoms. The maximum atomic E-state index is 4.79. The van der Waals surface area contributed by atoms with Crippen molar-refractivity contribution in [3.63, 3.8) is 0 Å². The zero-order valence-corrected chi connectivity index (χ0v) is 17.1. The summed E-state index contributed by atoms with van der Waals surface area (Å²) in [7, 11) is 0. The van der Waals surface area contributed by atoms with Gasteiger partial charge in [-0.2, -0.15) is 0 Å². The van der Waals surface area contributed by atoms with Crippen molar-refractivity contribution < 1.29 is 34.0 Å².